The third kappa shape index (κ3) is 3.37. The first kappa shape index (κ1) is 14.8. The molecular formula is C13H24N2O3. The van der Waals surface area contributed by atoms with Crippen LogP contribution in [0.25, 0.3) is 0 Å². The molecule has 1 aliphatic rings. The van der Waals surface area contributed by atoms with Crippen LogP contribution in [0.15, 0.2) is 0 Å². The molecule has 0 aromatic rings. The lowest BCUT2D eigenvalue weighted by atomic mass is 9.74. The van der Waals surface area contributed by atoms with E-state index in [1.54, 1.807) is 4.90 Å². The van der Waals surface area contributed by atoms with Crippen LogP contribution in [-0.4, -0.2) is 53.6 Å². The van der Waals surface area contributed by atoms with Crippen molar-refractivity contribution in [1.29, 1.82) is 0 Å². The summed E-state index contributed by atoms with van der Waals surface area (Å²) in [6.07, 6.45) is 4.34. The normalized spacial score (nSPS) is 18.5. The van der Waals surface area contributed by atoms with Crippen molar-refractivity contribution >= 4 is 12.0 Å². The Kier molecular flexibility index (Phi) is 4.99. The molecule has 0 radical (unpaired) electrons. The lowest BCUT2D eigenvalue weighted by Crippen LogP contribution is -2.48. The number of likely N-dealkylation sites (N-methyl/N-ethyl adjacent to an activating group) is 1. The zero-order chi connectivity index (χ0) is 13.8. The molecule has 18 heavy (non-hydrogen) atoms. The van der Waals surface area contributed by atoms with Gasteiger partial charge in [-0.05, 0) is 18.3 Å². The summed E-state index contributed by atoms with van der Waals surface area (Å²) < 4.78 is 0. The third-order valence-electron chi connectivity index (χ3n) is 4.29. The number of nitrogens with zero attached hydrogens (tertiary/aromatic N) is 2. The van der Waals surface area contributed by atoms with E-state index < -0.39 is 5.97 Å². The summed E-state index contributed by atoms with van der Waals surface area (Å²) in [5.41, 5.74) is 0.377. The Morgan fingerprint density at radius 1 is 1.22 bits per heavy atom. The molecule has 0 spiro atoms. The quantitative estimate of drug-likeness (QED) is 0.837. The first-order valence-electron chi connectivity index (χ1n) is 6.66. The van der Waals surface area contributed by atoms with Crippen molar-refractivity contribution in [2.24, 2.45) is 5.41 Å². The molecule has 0 bridgehead atoms. The maximum Gasteiger partial charge on any atom is 0.323 e. The van der Waals surface area contributed by atoms with E-state index >= 15 is 0 Å². The van der Waals surface area contributed by atoms with Crippen LogP contribution < -0.4 is 0 Å². The number of rotatable bonds is 4. The number of urea groups is 1. The van der Waals surface area contributed by atoms with Gasteiger partial charge in [-0.2, -0.15) is 0 Å². The van der Waals surface area contributed by atoms with Crippen LogP contribution >= 0.6 is 0 Å². The van der Waals surface area contributed by atoms with Crippen molar-refractivity contribution in [1.82, 2.24) is 9.80 Å². The van der Waals surface area contributed by atoms with Crippen LogP contribution in [0.4, 0.5) is 4.79 Å². The van der Waals surface area contributed by atoms with E-state index in [-0.39, 0.29) is 12.6 Å². The van der Waals surface area contributed by atoms with E-state index in [0.29, 0.717) is 5.41 Å². The number of carbonyl (C=O) groups is 2. The molecule has 1 fully saturated rings. The first-order valence-corrected chi connectivity index (χ1v) is 6.66. The van der Waals surface area contributed by atoms with Crippen molar-refractivity contribution in [3.05, 3.63) is 0 Å². The zero-order valence-electron chi connectivity index (χ0n) is 11.6. The van der Waals surface area contributed by atoms with E-state index in [1.165, 1.54) is 11.9 Å². The van der Waals surface area contributed by atoms with Gasteiger partial charge in [0.05, 0.1) is 0 Å². The molecule has 0 saturated carbocycles. The Morgan fingerprint density at radius 3 is 2.11 bits per heavy atom. The largest absolute Gasteiger partial charge is 0.480 e. The van der Waals surface area contributed by atoms with Gasteiger partial charge in [0.25, 0.3) is 0 Å². The minimum Gasteiger partial charge on any atom is -0.480 e. The summed E-state index contributed by atoms with van der Waals surface area (Å²) in [5, 5.41) is 8.68. The molecule has 0 atom stereocenters. The number of likely N-dealkylation sites (tertiary alicyclic amines) is 1. The molecule has 0 aromatic carbocycles. The Bertz CT molecular complexity index is 303. The van der Waals surface area contributed by atoms with E-state index in [1.807, 2.05) is 0 Å². The lowest BCUT2D eigenvalue weighted by Gasteiger charge is -2.41. The highest BCUT2D eigenvalue weighted by atomic mass is 16.4. The average Bonchev–Trinajstić information content (AvgIpc) is 2.37. The summed E-state index contributed by atoms with van der Waals surface area (Å²) in [6.45, 7) is 5.66. The Balaban J connectivity index is 2.52. The molecule has 1 saturated heterocycles. The van der Waals surface area contributed by atoms with Gasteiger partial charge in [0.1, 0.15) is 6.54 Å². The van der Waals surface area contributed by atoms with E-state index in [0.717, 1.165) is 38.8 Å². The molecule has 5 heteroatoms. The van der Waals surface area contributed by atoms with Crippen molar-refractivity contribution < 1.29 is 14.7 Å². The topological polar surface area (TPSA) is 60.9 Å². The van der Waals surface area contributed by atoms with Crippen LogP contribution in [0.5, 0.6) is 0 Å². The first-order chi connectivity index (χ1) is 8.44. The van der Waals surface area contributed by atoms with Gasteiger partial charge in [-0.3, -0.25) is 4.79 Å². The van der Waals surface area contributed by atoms with E-state index in [4.69, 9.17) is 5.11 Å². The van der Waals surface area contributed by atoms with E-state index in [2.05, 4.69) is 13.8 Å². The molecule has 0 aromatic heterocycles. The predicted octanol–water partition coefficient (Wildman–Crippen LogP) is 2.03. The van der Waals surface area contributed by atoms with Crippen LogP contribution in [0.2, 0.25) is 0 Å². The number of carboxylic acid groups (broad SMARTS) is 1. The van der Waals surface area contributed by atoms with Crippen molar-refractivity contribution in [2.45, 2.75) is 39.5 Å². The molecule has 2 amide bonds. The van der Waals surface area contributed by atoms with Gasteiger partial charge >= 0.3 is 12.0 Å². The van der Waals surface area contributed by atoms with Crippen molar-refractivity contribution in [3.8, 4) is 0 Å². The molecule has 5 nitrogen and oxygen atoms in total. The lowest BCUT2D eigenvalue weighted by molar-refractivity contribution is -0.137. The highest BCUT2D eigenvalue weighted by Gasteiger charge is 2.33. The number of carbonyl (C=O) groups excluding carboxylic acids is 1. The average molecular weight is 256 g/mol. The minimum absolute atomic E-state index is 0.168. The number of piperidine rings is 1. The maximum atomic E-state index is 12.0. The Labute approximate surface area is 109 Å². The second-order valence-corrected chi connectivity index (χ2v) is 5.23. The fourth-order valence-corrected chi connectivity index (χ4v) is 2.64. The second kappa shape index (κ2) is 6.07. The standard InChI is InChI=1S/C13H24N2O3/c1-4-13(5-2)6-8-15(9-7-13)12(18)14(3)10-11(16)17/h4-10H2,1-3H3,(H,16,17). The van der Waals surface area contributed by atoms with Crippen molar-refractivity contribution in [2.75, 3.05) is 26.7 Å². The van der Waals surface area contributed by atoms with Crippen LogP contribution in [0.3, 0.4) is 0 Å². The monoisotopic (exact) mass is 256 g/mol. The predicted molar refractivity (Wildman–Crippen MR) is 69.5 cm³/mol. The number of hydrogen-bond acceptors (Lipinski definition) is 2. The fourth-order valence-electron chi connectivity index (χ4n) is 2.64. The van der Waals surface area contributed by atoms with E-state index in [9.17, 15) is 9.59 Å². The second-order valence-electron chi connectivity index (χ2n) is 5.23. The van der Waals surface area contributed by atoms with Gasteiger partial charge in [0.15, 0.2) is 0 Å². The SMILES string of the molecule is CCC1(CC)CCN(C(=O)N(C)CC(=O)O)CC1. The van der Waals surface area contributed by atoms with Gasteiger partial charge in [0.2, 0.25) is 0 Å². The number of hydrogen-bond donors (Lipinski definition) is 1. The molecule has 0 aliphatic carbocycles. The molecule has 1 N–H and O–H groups in total. The van der Waals surface area contributed by atoms with Gasteiger partial charge in [-0.15, -0.1) is 0 Å². The maximum absolute atomic E-state index is 12.0. The highest BCUT2D eigenvalue weighted by Crippen LogP contribution is 2.37. The molecule has 1 aliphatic heterocycles. The number of amides is 2. The molecule has 104 valence electrons. The summed E-state index contributed by atoms with van der Waals surface area (Å²) in [6, 6.07) is -0.168. The number of aliphatic carboxylic acids is 1. The van der Waals surface area contributed by atoms with Gasteiger partial charge in [0, 0.05) is 20.1 Å². The molecule has 1 rings (SSSR count). The summed E-state index contributed by atoms with van der Waals surface area (Å²) in [5.74, 6) is -0.973. The van der Waals surface area contributed by atoms with Crippen LogP contribution in [-0.2, 0) is 4.79 Å². The van der Waals surface area contributed by atoms with Crippen LogP contribution in [0.1, 0.15) is 39.5 Å². The number of carboxylic acids is 1. The van der Waals surface area contributed by atoms with Crippen molar-refractivity contribution in [3.63, 3.8) is 0 Å². The zero-order valence-corrected chi connectivity index (χ0v) is 11.6. The summed E-state index contributed by atoms with van der Waals surface area (Å²) in [7, 11) is 1.54. The van der Waals surface area contributed by atoms with Gasteiger partial charge in [-0.1, -0.05) is 26.7 Å². The fraction of sp³-hybridized carbons (Fsp3) is 0.846. The Morgan fingerprint density at radius 2 is 1.72 bits per heavy atom. The molecule has 0 unspecified atom stereocenters. The molecular weight excluding hydrogens is 232 g/mol. The van der Waals surface area contributed by atoms with Gasteiger partial charge in [-0.25, -0.2) is 4.79 Å². The summed E-state index contributed by atoms with van der Waals surface area (Å²) in [4.78, 5) is 25.6. The smallest absolute Gasteiger partial charge is 0.323 e. The highest BCUT2D eigenvalue weighted by molar-refractivity contribution is 5.79. The van der Waals surface area contributed by atoms with Crippen LogP contribution in [0, 0.1) is 5.41 Å². The van der Waals surface area contributed by atoms with Gasteiger partial charge < -0.3 is 14.9 Å². The summed E-state index contributed by atoms with van der Waals surface area (Å²) >= 11 is 0. The molecule has 1 heterocycles. The minimum atomic E-state index is -0.973. The Hall–Kier alpha value is -1.26. The third-order valence-corrected chi connectivity index (χ3v) is 4.29.